The van der Waals surface area contributed by atoms with Crippen LogP contribution in [0.1, 0.15) is 36.0 Å². The van der Waals surface area contributed by atoms with Gasteiger partial charge in [-0.15, -0.1) is 0 Å². The number of benzene rings is 1. The van der Waals surface area contributed by atoms with Crippen molar-refractivity contribution in [1.82, 2.24) is 10.6 Å². The number of nitrogens with one attached hydrogen (secondary N) is 2. The molecule has 3 N–H and O–H groups in total. The Bertz CT molecular complexity index is 527. The maximum Gasteiger partial charge on any atom is 0.253 e. The molecular formula is C15H19ClN2O3. The molecule has 0 radical (unpaired) electrons. The second-order valence-corrected chi connectivity index (χ2v) is 5.78. The molecule has 0 aromatic heterocycles. The third-order valence-corrected chi connectivity index (χ3v) is 4.01. The van der Waals surface area contributed by atoms with E-state index in [1.54, 1.807) is 24.3 Å². The molecule has 114 valence electrons. The van der Waals surface area contributed by atoms with Crippen LogP contribution < -0.4 is 10.6 Å². The van der Waals surface area contributed by atoms with Crippen LogP contribution in [0, 0.1) is 0 Å². The van der Waals surface area contributed by atoms with E-state index in [9.17, 15) is 14.7 Å². The van der Waals surface area contributed by atoms with E-state index in [0.717, 1.165) is 12.8 Å². The molecular weight excluding hydrogens is 292 g/mol. The Hall–Kier alpha value is -1.59. The van der Waals surface area contributed by atoms with Crippen LogP contribution in [0.2, 0.25) is 5.02 Å². The summed E-state index contributed by atoms with van der Waals surface area (Å²) in [6.45, 7) is 0.0912. The molecule has 1 aromatic carbocycles. The molecule has 0 unspecified atom stereocenters. The van der Waals surface area contributed by atoms with Crippen molar-refractivity contribution < 1.29 is 14.7 Å². The minimum atomic E-state index is -0.789. The Labute approximate surface area is 128 Å². The average molecular weight is 311 g/mol. The summed E-state index contributed by atoms with van der Waals surface area (Å²) in [7, 11) is 0. The number of hydrogen-bond acceptors (Lipinski definition) is 3. The molecule has 2 rings (SSSR count). The fourth-order valence-electron chi connectivity index (χ4n) is 2.44. The van der Waals surface area contributed by atoms with Gasteiger partial charge >= 0.3 is 0 Å². The molecule has 0 spiro atoms. The number of hydrogen-bond donors (Lipinski definition) is 3. The first kappa shape index (κ1) is 15.8. The highest BCUT2D eigenvalue weighted by Gasteiger charge is 2.31. The fourth-order valence-corrected chi connectivity index (χ4v) is 2.66. The first-order chi connectivity index (χ1) is 10.0. The minimum Gasteiger partial charge on any atom is -0.388 e. The van der Waals surface area contributed by atoms with Crippen molar-refractivity contribution >= 4 is 23.4 Å². The lowest BCUT2D eigenvalue weighted by atomic mass is 10.0. The Kier molecular flexibility index (Phi) is 5.20. The Morgan fingerprint density at radius 2 is 1.86 bits per heavy atom. The predicted octanol–water partition coefficient (Wildman–Crippen LogP) is 1.49. The number of halogens is 1. The van der Waals surface area contributed by atoms with Gasteiger partial charge in [0.15, 0.2) is 0 Å². The van der Waals surface area contributed by atoms with E-state index in [1.165, 1.54) is 0 Å². The Morgan fingerprint density at radius 3 is 2.52 bits per heavy atom. The van der Waals surface area contributed by atoms with Crippen molar-refractivity contribution in [3.05, 3.63) is 34.9 Å². The van der Waals surface area contributed by atoms with E-state index in [0.29, 0.717) is 23.4 Å². The van der Waals surface area contributed by atoms with E-state index in [1.807, 2.05) is 0 Å². The summed E-state index contributed by atoms with van der Waals surface area (Å²) < 4.78 is 0. The summed E-state index contributed by atoms with van der Waals surface area (Å²) >= 11 is 5.91. The van der Waals surface area contributed by atoms with Gasteiger partial charge in [0.25, 0.3) is 5.91 Å². The smallest absolute Gasteiger partial charge is 0.253 e. The van der Waals surface area contributed by atoms with Crippen LogP contribution in [-0.2, 0) is 4.79 Å². The van der Waals surface area contributed by atoms with E-state index >= 15 is 0 Å². The zero-order valence-corrected chi connectivity index (χ0v) is 12.4. The molecule has 0 aliphatic heterocycles. The van der Waals surface area contributed by atoms with Gasteiger partial charge in [0, 0.05) is 6.54 Å². The monoisotopic (exact) mass is 310 g/mol. The topological polar surface area (TPSA) is 78.4 Å². The molecule has 0 bridgehead atoms. The van der Waals surface area contributed by atoms with Gasteiger partial charge in [-0.1, -0.05) is 36.6 Å². The summed E-state index contributed by atoms with van der Waals surface area (Å²) in [5.41, 5.74) is -0.455. The molecule has 0 heterocycles. The minimum absolute atomic E-state index is 0.139. The molecule has 0 saturated heterocycles. The molecule has 21 heavy (non-hydrogen) atoms. The van der Waals surface area contributed by atoms with Gasteiger partial charge in [-0.3, -0.25) is 9.59 Å². The van der Waals surface area contributed by atoms with Crippen molar-refractivity contribution in [2.24, 2.45) is 0 Å². The van der Waals surface area contributed by atoms with E-state index in [2.05, 4.69) is 10.6 Å². The molecule has 1 fully saturated rings. The molecule has 1 saturated carbocycles. The van der Waals surface area contributed by atoms with Crippen LogP contribution in [0.5, 0.6) is 0 Å². The fraction of sp³-hybridized carbons (Fsp3) is 0.467. The van der Waals surface area contributed by atoms with Crippen molar-refractivity contribution in [3.8, 4) is 0 Å². The van der Waals surface area contributed by atoms with Crippen LogP contribution in [0.15, 0.2) is 24.3 Å². The van der Waals surface area contributed by atoms with Crippen molar-refractivity contribution in [3.63, 3.8) is 0 Å². The number of rotatable bonds is 5. The lowest BCUT2D eigenvalue weighted by Gasteiger charge is -2.22. The Balaban J connectivity index is 1.76. The predicted molar refractivity (Wildman–Crippen MR) is 80.2 cm³/mol. The number of carbonyl (C=O) groups is 2. The lowest BCUT2D eigenvalue weighted by molar-refractivity contribution is -0.121. The Morgan fingerprint density at radius 1 is 1.19 bits per heavy atom. The van der Waals surface area contributed by atoms with E-state index < -0.39 is 11.5 Å². The first-order valence-corrected chi connectivity index (χ1v) is 7.40. The van der Waals surface area contributed by atoms with Gasteiger partial charge in [0.05, 0.1) is 22.7 Å². The highest BCUT2D eigenvalue weighted by atomic mass is 35.5. The summed E-state index contributed by atoms with van der Waals surface area (Å²) in [5.74, 6) is -0.717. The van der Waals surface area contributed by atoms with Gasteiger partial charge < -0.3 is 15.7 Å². The normalized spacial score (nSPS) is 16.5. The second kappa shape index (κ2) is 6.91. The second-order valence-electron chi connectivity index (χ2n) is 5.37. The van der Waals surface area contributed by atoms with Crippen LogP contribution in [0.25, 0.3) is 0 Å². The van der Waals surface area contributed by atoms with Gasteiger partial charge in [0.1, 0.15) is 0 Å². The maximum atomic E-state index is 11.9. The summed E-state index contributed by atoms with van der Waals surface area (Å²) in [6.07, 6.45) is 3.38. The van der Waals surface area contributed by atoms with Gasteiger partial charge in [0.2, 0.25) is 5.91 Å². The molecule has 2 amide bonds. The zero-order chi connectivity index (χ0) is 15.3. The quantitative estimate of drug-likeness (QED) is 0.771. The highest BCUT2D eigenvalue weighted by Crippen LogP contribution is 2.28. The summed E-state index contributed by atoms with van der Waals surface area (Å²) in [6, 6.07) is 6.65. The molecule has 1 aliphatic rings. The number of amides is 2. The van der Waals surface area contributed by atoms with Crippen LogP contribution >= 0.6 is 11.6 Å². The average Bonchev–Trinajstić information content (AvgIpc) is 2.90. The van der Waals surface area contributed by atoms with Crippen LogP contribution in [-0.4, -0.2) is 35.6 Å². The van der Waals surface area contributed by atoms with Crippen LogP contribution in [0.3, 0.4) is 0 Å². The SMILES string of the molecule is O=C(CNC(=O)c1ccccc1Cl)NCC1(O)CCCC1. The van der Waals surface area contributed by atoms with Crippen molar-refractivity contribution in [2.45, 2.75) is 31.3 Å². The number of aliphatic hydroxyl groups is 1. The lowest BCUT2D eigenvalue weighted by Crippen LogP contribution is -2.44. The summed E-state index contributed by atoms with van der Waals surface area (Å²) in [5, 5.41) is 15.6. The van der Waals surface area contributed by atoms with Gasteiger partial charge in [-0.2, -0.15) is 0 Å². The van der Waals surface area contributed by atoms with Crippen molar-refractivity contribution in [1.29, 1.82) is 0 Å². The van der Waals surface area contributed by atoms with Crippen LogP contribution in [0.4, 0.5) is 0 Å². The maximum absolute atomic E-state index is 11.9. The largest absolute Gasteiger partial charge is 0.388 e. The molecule has 0 atom stereocenters. The first-order valence-electron chi connectivity index (χ1n) is 7.02. The zero-order valence-electron chi connectivity index (χ0n) is 11.7. The molecule has 1 aromatic rings. The van der Waals surface area contributed by atoms with E-state index in [4.69, 9.17) is 11.6 Å². The van der Waals surface area contributed by atoms with Gasteiger partial charge in [-0.25, -0.2) is 0 Å². The van der Waals surface area contributed by atoms with Crippen molar-refractivity contribution in [2.75, 3.05) is 13.1 Å². The molecule has 6 heteroatoms. The molecule has 5 nitrogen and oxygen atoms in total. The number of carbonyl (C=O) groups excluding carboxylic acids is 2. The standard InChI is InChI=1S/C15H19ClN2O3/c16-12-6-2-1-5-11(12)14(20)17-9-13(19)18-10-15(21)7-3-4-8-15/h1-2,5-6,21H,3-4,7-10H2,(H,17,20)(H,18,19). The van der Waals surface area contributed by atoms with E-state index in [-0.39, 0.29) is 19.0 Å². The van der Waals surface area contributed by atoms with Gasteiger partial charge in [-0.05, 0) is 25.0 Å². The highest BCUT2D eigenvalue weighted by molar-refractivity contribution is 6.33. The molecule has 1 aliphatic carbocycles. The third-order valence-electron chi connectivity index (χ3n) is 3.68. The third kappa shape index (κ3) is 4.44. The summed E-state index contributed by atoms with van der Waals surface area (Å²) in [4.78, 5) is 23.6.